The van der Waals surface area contributed by atoms with Crippen LogP contribution in [0.15, 0.2) is 0 Å². The van der Waals surface area contributed by atoms with Crippen molar-refractivity contribution in [1.29, 1.82) is 0 Å². The lowest BCUT2D eigenvalue weighted by Crippen LogP contribution is -2.57. The number of ether oxygens (including phenoxy) is 3. The van der Waals surface area contributed by atoms with Gasteiger partial charge in [0, 0.05) is 32.8 Å². The molecule has 1 saturated carbocycles. The van der Waals surface area contributed by atoms with Crippen LogP contribution in [0.3, 0.4) is 0 Å². The molecular formula is C13H25NO3. The number of hydrogen-bond donors (Lipinski definition) is 0. The second-order valence-corrected chi connectivity index (χ2v) is 4.96. The summed E-state index contributed by atoms with van der Waals surface area (Å²) in [6, 6.07) is 0. The summed E-state index contributed by atoms with van der Waals surface area (Å²) in [6.45, 7) is 9.21. The monoisotopic (exact) mass is 243 g/mol. The number of morpholine rings is 1. The van der Waals surface area contributed by atoms with E-state index < -0.39 is 0 Å². The van der Waals surface area contributed by atoms with E-state index in [2.05, 4.69) is 4.90 Å². The van der Waals surface area contributed by atoms with E-state index in [1.165, 1.54) is 19.3 Å². The highest BCUT2D eigenvalue weighted by Crippen LogP contribution is 2.38. The lowest BCUT2D eigenvalue weighted by molar-refractivity contribution is -0.185. The Kier molecular flexibility index (Phi) is 4.79. The maximum absolute atomic E-state index is 5.91. The van der Waals surface area contributed by atoms with Gasteiger partial charge in [0.05, 0.1) is 12.2 Å². The van der Waals surface area contributed by atoms with Gasteiger partial charge in [-0.3, -0.25) is 4.90 Å². The van der Waals surface area contributed by atoms with Crippen LogP contribution in [-0.2, 0) is 14.2 Å². The van der Waals surface area contributed by atoms with Crippen molar-refractivity contribution in [2.45, 2.75) is 45.0 Å². The molecule has 0 aromatic heterocycles. The first-order chi connectivity index (χ1) is 8.28. The standard InChI is InChI=1S/C13H25NO3/c1-3-15-12(16-4-2)10-14-8-9-17-13(11-14)6-5-7-13/h12H,3-11H2,1-2H3. The average Bonchev–Trinajstić information content (AvgIpc) is 2.28. The summed E-state index contributed by atoms with van der Waals surface area (Å²) in [5.41, 5.74) is 0.168. The van der Waals surface area contributed by atoms with Gasteiger partial charge in [-0.1, -0.05) is 0 Å². The molecule has 1 aliphatic carbocycles. The van der Waals surface area contributed by atoms with Gasteiger partial charge in [-0.15, -0.1) is 0 Å². The molecule has 0 aromatic rings. The molecule has 100 valence electrons. The van der Waals surface area contributed by atoms with Crippen molar-refractivity contribution in [3.8, 4) is 0 Å². The molecule has 4 heteroatoms. The molecule has 0 amide bonds. The first kappa shape index (κ1) is 13.3. The van der Waals surface area contributed by atoms with E-state index >= 15 is 0 Å². The normalized spacial score (nSPS) is 24.2. The molecule has 0 radical (unpaired) electrons. The summed E-state index contributed by atoms with van der Waals surface area (Å²) in [4.78, 5) is 2.43. The van der Waals surface area contributed by atoms with Gasteiger partial charge in [0.2, 0.25) is 0 Å². The number of nitrogens with zero attached hydrogens (tertiary/aromatic N) is 1. The second kappa shape index (κ2) is 6.14. The van der Waals surface area contributed by atoms with Crippen LogP contribution < -0.4 is 0 Å². The summed E-state index contributed by atoms with van der Waals surface area (Å²) in [5.74, 6) is 0. The van der Waals surface area contributed by atoms with Crippen LogP contribution in [0.4, 0.5) is 0 Å². The Morgan fingerprint density at radius 1 is 1.24 bits per heavy atom. The van der Waals surface area contributed by atoms with Crippen molar-refractivity contribution in [1.82, 2.24) is 4.90 Å². The van der Waals surface area contributed by atoms with E-state index in [0.29, 0.717) is 13.2 Å². The van der Waals surface area contributed by atoms with Gasteiger partial charge in [0.25, 0.3) is 0 Å². The average molecular weight is 243 g/mol. The highest BCUT2D eigenvalue weighted by molar-refractivity contribution is 4.95. The van der Waals surface area contributed by atoms with Crippen molar-refractivity contribution >= 4 is 0 Å². The van der Waals surface area contributed by atoms with Crippen LogP contribution in [0.25, 0.3) is 0 Å². The molecule has 0 unspecified atom stereocenters. The van der Waals surface area contributed by atoms with Crippen LogP contribution in [0.2, 0.25) is 0 Å². The van der Waals surface area contributed by atoms with Crippen LogP contribution >= 0.6 is 0 Å². The van der Waals surface area contributed by atoms with E-state index in [4.69, 9.17) is 14.2 Å². The minimum Gasteiger partial charge on any atom is -0.372 e. The number of rotatable bonds is 6. The second-order valence-electron chi connectivity index (χ2n) is 4.96. The first-order valence-electron chi connectivity index (χ1n) is 6.87. The van der Waals surface area contributed by atoms with Gasteiger partial charge >= 0.3 is 0 Å². The van der Waals surface area contributed by atoms with Crippen LogP contribution in [0.5, 0.6) is 0 Å². The quantitative estimate of drug-likeness (QED) is 0.664. The smallest absolute Gasteiger partial charge is 0.170 e. The minimum atomic E-state index is -0.0831. The predicted molar refractivity (Wildman–Crippen MR) is 66.0 cm³/mol. The minimum absolute atomic E-state index is 0.0831. The zero-order chi connectivity index (χ0) is 12.1. The highest BCUT2D eigenvalue weighted by atomic mass is 16.7. The number of hydrogen-bond acceptors (Lipinski definition) is 4. The Balaban J connectivity index is 1.79. The van der Waals surface area contributed by atoms with Gasteiger partial charge in [-0.25, -0.2) is 0 Å². The lowest BCUT2D eigenvalue weighted by Gasteiger charge is -2.48. The molecule has 1 spiro atoms. The summed E-state index contributed by atoms with van der Waals surface area (Å²) in [7, 11) is 0. The van der Waals surface area contributed by atoms with E-state index in [1.54, 1.807) is 0 Å². The van der Waals surface area contributed by atoms with E-state index in [-0.39, 0.29) is 11.9 Å². The molecular weight excluding hydrogens is 218 g/mol. The van der Waals surface area contributed by atoms with E-state index in [9.17, 15) is 0 Å². The topological polar surface area (TPSA) is 30.9 Å². The summed E-state index contributed by atoms with van der Waals surface area (Å²) < 4.78 is 17.1. The fourth-order valence-electron chi connectivity index (χ4n) is 2.69. The van der Waals surface area contributed by atoms with Crippen molar-refractivity contribution in [2.24, 2.45) is 0 Å². The zero-order valence-corrected chi connectivity index (χ0v) is 11.1. The van der Waals surface area contributed by atoms with Gasteiger partial charge in [0.15, 0.2) is 6.29 Å². The third-order valence-electron chi connectivity index (χ3n) is 3.70. The van der Waals surface area contributed by atoms with Gasteiger partial charge in [0.1, 0.15) is 0 Å². The predicted octanol–water partition coefficient (Wildman–Crippen LogP) is 1.64. The molecule has 0 N–H and O–H groups in total. The maximum atomic E-state index is 5.91. The highest BCUT2D eigenvalue weighted by Gasteiger charge is 2.42. The Morgan fingerprint density at radius 3 is 2.47 bits per heavy atom. The van der Waals surface area contributed by atoms with Crippen molar-refractivity contribution < 1.29 is 14.2 Å². The molecule has 4 nitrogen and oxygen atoms in total. The Morgan fingerprint density at radius 2 is 1.94 bits per heavy atom. The fraction of sp³-hybridized carbons (Fsp3) is 1.00. The molecule has 1 heterocycles. The Hall–Kier alpha value is -0.160. The molecule has 0 aromatic carbocycles. The molecule has 1 saturated heterocycles. The largest absolute Gasteiger partial charge is 0.372 e. The molecule has 17 heavy (non-hydrogen) atoms. The van der Waals surface area contributed by atoms with Crippen LogP contribution in [-0.4, -0.2) is 56.2 Å². The summed E-state index contributed by atoms with van der Waals surface area (Å²) in [6.07, 6.45) is 3.67. The summed E-state index contributed by atoms with van der Waals surface area (Å²) >= 11 is 0. The molecule has 0 bridgehead atoms. The molecule has 0 atom stereocenters. The molecule has 2 aliphatic rings. The molecule has 1 aliphatic heterocycles. The third kappa shape index (κ3) is 3.41. The molecule has 2 fully saturated rings. The van der Waals surface area contributed by atoms with Crippen molar-refractivity contribution in [3.63, 3.8) is 0 Å². The van der Waals surface area contributed by atoms with E-state index in [1.807, 2.05) is 13.8 Å². The Bertz CT molecular complexity index is 225. The summed E-state index contributed by atoms with van der Waals surface area (Å²) in [5, 5.41) is 0. The fourth-order valence-corrected chi connectivity index (χ4v) is 2.69. The van der Waals surface area contributed by atoms with Gasteiger partial charge < -0.3 is 14.2 Å². The van der Waals surface area contributed by atoms with Crippen molar-refractivity contribution in [3.05, 3.63) is 0 Å². The van der Waals surface area contributed by atoms with Gasteiger partial charge in [-0.2, -0.15) is 0 Å². The third-order valence-corrected chi connectivity index (χ3v) is 3.70. The van der Waals surface area contributed by atoms with Crippen LogP contribution in [0, 0.1) is 0 Å². The first-order valence-corrected chi connectivity index (χ1v) is 6.87. The van der Waals surface area contributed by atoms with Crippen molar-refractivity contribution in [2.75, 3.05) is 39.5 Å². The SMILES string of the molecule is CCOC(CN1CCOC2(CCC2)C1)OCC. The zero-order valence-electron chi connectivity index (χ0n) is 11.1. The van der Waals surface area contributed by atoms with Gasteiger partial charge in [-0.05, 0) is 33.1 Å². The lowest BCUT2D eigenvalue weighted by atomic mass is 9.79. The molecule has 2 rings (SSSR count). The maximum Gasteiger partial charge on any atom is 0.170 e. The Labute approximate surface area is 104 Å². The van der Waals surface area contributed by atoms with Crippen LogP contribution in [0.1, 0.15) is 33.1 Å². The van der Waals surface area contributed by atoms with E-state index in [0.717, 1.165) is 26.2 Å².